The second-order valence-corrected chi connectivity index (χ2v) is 4.92. The van der Waals surface area contributed by atoms with Crippen molar-refractivity contribution in [3.8, 4) is 0 Å². The molecule has 146 valence electrons. The zero-order valence-electron chi connectivity index (χ0n) is 12.7. The highest BCUT2D eigenvalue weighted by atomic mass is 19.4. The largest absolute Gasteiger partial charge is 0.459 e. The van der Waals surface area contributed by atoms with Crippen LogP contribution in [0.1, 0.15) is 11.1 Å². The van der Waals surface area contributed by atoms with Crippen LogP contribution < -0.4 is 0 Å². The molecule has 6 nitrogen and oxygen atoms in total. The van der Waals surface area contributed by atoms with Crippen molar-refractivity contribution in [2.75, 3.05) is 0 Å². The van der Waals surface area contributed by atoms with Crippen LogP contribution >= 0.6 is 0 Å². The summed E-state index contributed by atoms with van der Waals surface area (Å²) in [5.74, 6) is -3.86. The van der Waals surface area contributed by atoms with Gasteiger partial charge in [-0.25, -0.2) is 9.59 Å². The van der Waals surface area contributed by atoms with E-state index in [4.69, 9.17) is 10.2 Å². The van der Waals surface area contributed by atoms with E-state index in [2.05, 4.69) is 9.47 Å². The summed E-state index contributed by atoms with van der Waals surface area (Å²) in [6, 6.07) is 5.11. The molecule has 0 aromatic heterocycles. The average molecular weight is 390 g/mol. The van der Waals surface area contributed by atoms with Crippen LogP contribution in [0.3, 0.4) is 0 Å². The van der Waals surface area contributed by atoms with E-state index in [-0.39, 0.29) is 11.1 Å². The van der Waals surface area contributed by atoms with Crippen molar-refractivity contribution in [3.05, 3.63) is 35.4 Å². The smallest absolute Gasteiger partial charge is 0.425 e. The second-order valence-electron chi connectivity index (χ2n) is 4.92. The number of hydrogen-bond acceptors (Lipinski definition) is 6. The second kappa shape index (κ2) is 8.36. The number of carbonyl (C=O) groups is 2. The number of alkyl halides is 6. The first-order chi connectivity index (χ1) is 11.8. The van der Waals surface area contributed by atoms with Crippen LogP contribution in [-0.4, -0.2) is 46.7 Å². The lowest BCUT2D eigenvalue weighted by molar-refractivity contribution is -0.219. The van der Waals surface area contributed by atoms with E-state index in [9.17, 15) is 35.9 Å². The number of hydrogen-bond donors (Lipinski definition) is 2. The number of aliphatic hydroxyl groups excluding tert-OH is 2. The van der Waals surface area contributed by atoms with Crippen LogP contribution in [0.2, 0.25) is 0 Å². The minimum Gasteiger partial charge on any atom is -0.459 e. The third-order valence-electron chi connectivity index (χ3n) is 2.82. The molecule has 0 radical (unpaired) electrons. The standard InChI is InChI=1S/C14H12F6O6/c15-13(16,17)9(21)11(23)25-5-7-2-1-3-8(4-7)6-26-12(24)10(22)14(18,19)20/h1-4,9-10,21-22H,5-6H2/t9-,10-/m0/s1. The first-order valence-electron chi connectivity index (χ1n) is 6.73. The lowest BCUT2D eigenvalue weighted by Crippen LogP contribution is -2.37. The molecule has 2 N–H and O–H groups in total. The fourth-order valence-corrected chi connectivity index (χ4v) is 1.54. The molecule has 26 heavy (non-hydrogen) atoms. The molecule has 12 heteroatoms. The van der Waals surface area contributed by atoms with Gasteiger partial charge >= 0.3 is 24.3 Å². The molecular weight excluding hydrogens is 378 g/mol. The van der Waals surface area contributed by atoms with Crippen LogP contribution in [0.25, 0.3) is 0 Å². The van der Waals surface area contributed by atoms with Crippen molar-refractivity contribution in [1.82, 2.24) is 0 Å². The van der Waals surface area contributed by atoms with Gasteiger partial charge in [-0.1, -0.05) is 18.2 Å². The van der Waals surface area contributed by atoms with E-state index >= 15 is 0 Å². The Morgan fingerprint density at radius 1 is 0.846 bits per heavy atom. The topological polar surface area (TPSA) is 93.1 Å². The zero-order chi connectivity index (χ0) is 20.1. The van der Waals surface area contributed by atoms with Crippen LogP contribution in [0, 0.1) is 0 Å². The summed E-state index contributed by atoms with van der Waals surface area (Å²) in [5, 5.41) is 17.4. The number of halogens is 6. The number of aliphatic hydroxyl groups is 2. The Morgan fingerprint density at radius 2 is 1.19 bits per heavy atom. The molecule has 0 saturated heterocycles. The predicted octanol–water partition coefficient (Wildman–Crippen LogP) is 1.62. The molecule has 0 spiro atoms. The van der Waals surface area contributed by atoms with Crippen molar-refractivity contribution in [2.45, 2.75) is 37.8 Å². The number of carbonyl (C=O) groups excluding carboxylic acids is 2. The average Bonchev–Trinajstić information content (AvgIpc) is 2.54. The van der Waals surface area contributed by atoms with Gasteiger partial charge in [0.1, 0.15) is 13.2 Å². The van der Waals surface area contributed by atoms with Crippen LogP contribution in [0.15, 0.2) is 24.3 Å². The first kappa shape index (κ1) is 21.7. The molecule has 0 saturated carbocycles. The van der Waals surface area contributed by atoms with E-state index in [1.54, 1.807) is 0 Å². The number of rotatable bonds is 6. The summed E-state index contributed by atoms with van der Waals surface area (Å²) in [4.78, 5) is 22.1. The summed E-state index contributed by atoms with van der Waals surface area (Å²) < 4.78 is 81.2. The van der Waals surface area contributed by atoms with E-state index < -0.39 is 49.7 Å². The first-order valence-corrected chi connectivity index (χ1v) is 6.73. The van der Waals surface area contributed by atoms with E-state index in [1.807, 2.05) is 0 Å². The SMILES string of the molecule is O=C(OCc1cccc(COC(=O)[C@H](O)C(F)(F)F)c1)[C@H](O)C(F)(F)F. The quantitative estimate of drug-likeness (QED) is 0.567. The molecule has 0 aliphatic heterocycles. The Labute approximate surface area is 141 Å². The zero-order valence-corrected chi connectivity index (χ0v) is 12.7. The summed E-state index contributed by atoms with van der Waals surface area (Å²) >= 11 is 0. The third-order valence-corrected chi connectivity index (χ3v) is 2.82. The number of ether oxygens (including phenoxy) is 2. The molecule has 0 amide bonds. The minimum atomic E-state index is -5.19. The molecule has 0 aliphatic rings. The predicted molar refractivity (Wildman–Crippen MR) is 70.2 cm³/mol. The summed E-state index contributed by atoms with van der Waals surface area (Å²) in [5.41, 5.74) is 0.246. The normalized spacial score (nSPS) is 14.5. The van der Waals surface area contributed by atoms with Crippen LogP contribution in [0.5, 0.6) is 0 Å². The van der Waals surface area contributed by atoms with Gasteiger partial charge in [-0.3, -0.25) is 0 Å². The Hall–Kier alpha value is -2.34. The highest BCUT2D eigenvalue weighted by molar-refractivity contribution is 5.75. The maximum atomic E-state index is 12.1. The van der Waals surface area contributed by atoms with Crippen molar-refractivity contribution in [3.63, 3.8) is 0 Å². The lowest BCUT2D eigenvalue weighted by Gasteiger charge is -2.14. The van der Waals surface area contributed by atoms with Crippen molar-refractivity contribution < 1.29 is 55.6 Å². The Bertz CT molecular complexity index is 590. The van der Waals surface area contributed by atoms with E-state index in [1.165, 1.54) is 24.3 Å². The molecule has 1 rings (SSSR count). The fourth-order valence-electron chi connectivity index (χ4n) is 1.54. The highest BCUT2D eigenvalue weighted by Gasteiger charge is 2.45. The molecule has 0 bridgehead atoms. The molecule has 0 unspecified atom stereocenters. The van der Waals surface area contributed by atoms with Gasteiger partial charge in [0.05, 0.1) is 0 Å². The van der Waals surface area contributed by atoms with Gasteiger partial charge < -0.3 is 19.7 Å². The summed E-state index contributed by atoms with van der Waals surface area (Å²) in [6.07, 6.45) is -17.0. The Kier molecular flexibility index (Phi) is 6.98. The van der Waals surface area contributed by atoms with Crippen LogP contribution in [0.4, 0.5) is 26.3 Å². The van der Waals surface area contributed by atoms with Gasteiger partial charge in [0.2, 0.25) is 12.2 Å². The lowest BCUT2D eigenvalue weighted by atomic mass is 10.1. The minimum absolute atomic E-state index is 0.123. The molecule has 0 fully saturated rings. The van der Waals surface area contributed by atoms with E-state index in [0.29, 0.717) is 0 Å². The summed E-state index contributed by atoms with van der Waals surface area (Å²) in [7, 11) is 0. The van der Waals surface area contributed by atoms with Crippen LogP contribution in [-0.2, 0) is 32.3 Å². The molecule has 2 atom stereocenters. The van der Waals surface area contributed by atoms with Gasteiger partial charge in [0.15, 0.2) is 0 Å². The summed E-state index contributed by atoms with van der Waals surface area (Å²) in [6.45, 7) is -1.34. The van der Waals surface area contributed by atoms with Gasteiger partial charge in [0, 0.05) is 0 Å². The maximum absolute atomic E-state index is 12.1. The molecule has 0 heterocycles. The number of benzene rings is 1. The molecular formula is C14H12F6O6. The monoisotopic (exact) mass is 390 g/mol. The van der Waals surface area contributed by atoms with Crippen molar-refractivity contribution in [1.29, 1.82) is 0 Å². The molecule has 1 aromatic rings. The fraction of sp³-hybridized carbons (Fsp3) is 0.429. The maximum Gasteiger partial charge on any atom is 0.425 e. The third kappa shape index (κ3) is 6.52. The Balaban J connectivity index is 2.61. The highest BCUT2D eigenvalue weighted by Crippen LogP contribution is 2.22. The van der Waals surface area contributed by atoms with Gasteiger partial charge in [-0.2, -0.15) is 26.3 Å². The van der Waals surface area contributed by atoms with Crippen molar-refractivity contribution >= 4 is 11.9 Å². The molecule has 0 aliphatic carbocycles. The van der Waals surface area contributed by atoms with Crippen molar-refractivity contribution in [2.24, 2.45) is 0 Å². The van der Waals surface area contributed by atoms with Gasteiger partial charge in [-0.15, -0.1) is 0 Å². The number of esters is 2. The van der Waals surface area contributed by atoms with Gasteiger partial charge in [-0.05, 0) is 17.2 Å². The Morgan fingerprint density at radius 3 is 1.50 bits per heavy atom. The van der Waals surface area contributed by atoms with E-state index in [0.717, 1.165) is 0 Å². The molecule has 1 aromatic carbocycles. The van der Waals surface area contributed by atoms with Gasteiger partial charge in [0.25, 0.3) is 0 Å².